The number of hydrogen-bond donors (Lipinski definition) is 4. The van der Waals surface area contributed by atoms with E-state index >= 15 is 0 Å². The van der Waals surface area contributed by atoms with Gasteiger partial charge in [-0.3, -0.25) is 4.79 Å². The van der Waals surface area contributed by atoms with Crippen LogP contribution in [0, 0.1) is 0 Å². The second-order valence-corrected chi connectivity index (χ2v) is 4.81. The summed E-state index contributed by atoms with van der Waals surface area (Å²) in [4.78, 5) is 22.3. The molecule has 0 aliphatic carbocycles. The minimum atomic E-state index is -2.81. The molecular formula is C14H16NNaO8. The maximum atomic E-state index is 11.4. The van der Waals surface area contributed by atoms with E-state index in [1.165, 1.54) is 24.3 Å². The number of nitrogens with one attached hydrogen (secondary N) is 1. The Kier molecular flexibility index (Phi) is 5.95. The number of aliphatic hydroxyl groups is 3. The van der Waals surface area contributed by atoms with Crippen LogP contribution < -0.4 is 44.7 Å². The summed E-state index contributed by atoms with van der Waals surface area (Å²) < 4.78 is 31.0. The van der Waals surface area contributed by atoms with Crippen molar-refractivity contribution in [2.24, 2.45) is 0 Å². The minimum absolute atomic E-state index is 0. The molecule has 0 spiro atoms. The second kappa shape index (κ2) is 8.77. The van der Waals surface area contributed by atoms with Gasteiger partial charge in [-0.05, 0) is 24.3 Å². The first-order valence-electron chi connectivity index (χ1n) is 7.99. The zero-order chi connectivity index (χ0) is 19.6. The van der Waals surface area contributed by atoms with Crippen LogP contribution in [0.15, 0.2) is 24.3 Å². The molecule has 2 rings (SSSR count). The molecule has 0 aromatic heterocycles. The third-order valence-electron chi connectivity index (χ3n) is 3.17. The molecule has 1 aromatic carbocycles. The van der Waals surface area contributed by atoms with Gasteiger partial charge in [0, 0.05) is 16.7 Å². The van der Waals surface area contributed by atoms with Crippen LogP contribution in [0.5, 0.6) is 5.75 Å². The molecular weight excluding hydrogens is 333 g/mol. The Balaban J connectivity index is 0.00000364. The Morgan fingerprint density at radius 3 is 2.38 bits per heavy atom. The number of carbonyl (C=O) groups excluding carboxylic acids is 2. The number of carbonyl (C=O) groups is 2. The van der Waals surface area contributed by atoms with Crippen molar-refractivity contribution in [3.8, 4) is 5.75 Å². The normalized spacial score (nSPS) is 31.6. The maximum Gasteiger partial charge on any atom is 1.00 e. The van der Waals surface area contributed by atoms with E-state index in [4.69, 9.17) is 13.6 Å². The molecule has 1 saturated heterocycles. The first-order chi connectivity index (χ1) is 12.0. The van der Waals surface area contributed by atoms with Gasteiger partial charge >= 0.3 is 29.6 Å². The third-order valence-corrected chi connectivity index (χ3v) is 3.17. The van der Waals surface area contributed by atoms with Crippen LogP contribution in [0.2, 0.25) is 0 Å². The number of amides is 1. The van der Waals surface area contributed by atoms with Crippen LogP contribution >= 0.6 is 0 Å². The van der Waals surface area contributed by atoms with Crippen LogP contribution in [0.4, 0.5) is 5.69 Å². The molecule has 10 heteroatoms. The number of carboxylic acids is 1. The summed E-state index contributed by atoms with van der Waals surface area (Å²) in [7, 11) is 0. The smallest absolute Gasteiger partial charge is 0.547 e. The minimum Gasteiger partial charge on any atom is -0.547 e. The molecule has 1 aromatic rings. The predicted octanol–water partition coefficient (Wildman–Crippen LogP) is -5.41. The van der Waals surface area contributed by atoms with Gasteiger partial charge in [-0.15, -0.1) is 0 Å². The van der Waals surface area contributed by atoms with Crippen molar-refractivity contribution < 1.29 is 73.2 Å². The Labute approximate surface area is 163 Å². The molecule has 0 radical (unpaired) electrons. The van der Waals surface area contributed by atoms with Gasteiger partial charge in [0.2, 0.25) is 12.2 Å². The number of ether oxygens (including phenoxy) is 2. The fourth-order valence-corrected chi connectivity index (χ4v) is 2.02. The monoisotopic (exact) mass is 352 g/mol. The average Bonchev–Trinajstić information content (AvgIpc) is 2.55. The van der Waals surface area contributed by atoms with Crippen molar-refractivity contribution in [2.75, 3.05) is 5.32 Å². The van der Waals surface area contributed by atoms with Crippen LogP contribution in [0.1, 0.15) is 11.0 Å². The van der Waals surface area contributed by atoms with Crippen LogP contribution in [0.25, 0.3) is 0 Å². The van der Waals surface area contributed by atoms with Gasteiger partial charge in [0.15, 0.2) is 0 Å². The summed E-state index contributed by atoms with van der Waals surface area (Å²) in [6, 6.07) is 5.18. The molecule has 1 fully saturated rings. The SMILES string of the molecule is [2H]C([2H])([2H])C(=O)Nc1ccc(O[C@@H]2OC(C(=O)[O-])[C@@H](O)[C@H](O)[C@@H]2O)cc1.[Na+]. The molecule has 1 amide bonds. The summed E-state index contributed by atoms with van der Waals surface area (Å²) in [5.41, 5.74) is 0.159. The van der Waals surface area contributed by atoms with E-state index in [-0.39, 0.29) is 41.0 Å². The predicted molar refractivity (Wildman–Crippen MR) is 73.1 cm³/mol. The number of rotatable bonds is 4. The summed E-state index contributed by atoms with van der Waals surface area (Å²) in [6.45, 7) is -2.81. The molecule has 24 heavy (non-hydrogen) atoms. The molecule has 4 N–H and O–H groups in total. The van der Waals surface area contributed by atoms with Crippen molar-refractivity contribution in [1.29, 1.82) is 0 Å². The number of aliphatic hydroxyl groups excluding tert-OH is 3. The topological polar surface area (TPSA) is 148 Å². The number of aliphatic carboxylic acids is 1. The van der Waals surface area contributed by atoms with E-state index < -0.39 is 49.4 Å². The molecule has 9 nitrogen and oxygen atoms in total. The molecule has 1 aliphatic heterocycles. The van der Waals surface area contributed by atoms with Crippen molar-refractivity contribution in [3.63, 3.8) is 0 Å². The van der Waals surface area contributed by atoms with Crippen molar-refractivity contribution >= 4 is 17.6 Å². The van der Waals surface area contributed by atoms with E-state index in [0.29, 0.717) is 0 Å². The molecule has 1 unspecified atom stereocenters. The van der Waals surface area contributed by atoms with E-state index in [1.54, 1.807) is 0 Å². The average molecular weight is 352 g/mol. The van der Waals surface area contributed by atoms with Gasteiger partial charge < -0.3 is 40.0 Å². The van der Waals surface area contributed by atoms with Gasteiger partial charge in [-0.1, -0.05) is 0 Å². The molecule has 5 atom stereocenters. The zero-order valence-electron chi connectivity index (χ0n) is 15.6. The van der Waals surface area contributed by atoms with E-state index in [9.17, 15) is 30.0 Å². The first kappa shape index (κ1) is 16.3. The van der Waals surface area contributed by atoms with Gasteiger partial charge in [-0.25, -0.2) is 0 Å². The van der Waals surface area contributed by atoms with E-state index in [1.807, 2.05) is 0 Å². The first-order valence-corrected chi connectivity index (χ1v) is 6.49. The van der Waals surface area contributed by atoms with E-state index in [0.717, 1.165) is 0 Å². The Morgan fingerprint density at radius 1 is 1.21 bits per heavy atom. The number of carboxylic acid groups (broad SMARTS) is 1. The fourth-order valence-electron chi connectivity index (χ4n) is 2.02. The Bertz CT molecular complexity index is 671. The van der Waals surface area contributed by atoms with Crippen LogP contribution in [-0.2, 0) is 14.3 Å². The molecule has 126 valence electrons. The van der Waals surface area contributed by atoms with Crippen molar-refractivity contribution in [2.45, 2.75) is 37.6 Å². The maximum absolute atomic E-state index is 11.4. The molecule has 0 bridgehead atoms. The number of anilines is 1. The molecule has 0 saturated carbocycles. The van der Waals surface area contributed by atoms with Gasteiger partial charge in [0.1, 0.15) is 30.2 Å². The second-order valence-electron chi connectivity index (χ2n) is 4.81. The zero-order valence-corrected chi connectivity index (χ0v) is 14.6. The van der Waals surface area contributed by atoms with E-state index in [2.05, 4.69) is 5.32 Å². The Morgan fingerprint density at radius 2 is 1.83 bits per heavy atom. The van der Waals surface area contributed by atoms with Crippen LogP contribution in [-0.4, -0.2) is 57.9 Å². The fraction of sp³-hybridized carbons (Fsp3) is 0.429. The van der Waals surface area contributed by atoms with Gasteiger partial charge in [0.05, 0.1) is 5.97 Å². The van der Waals surface area contributed by atoms with Gasteiger partial charge in [-0.2, -0.15) is 0 Å². The van der Waals surface area contributed by atoms with Crippen molar-refractivity contribution in [3.05, 3.63) is 24.3 Å². The summed E-state index contributed by atoms with van der Waals surface area (Å²) >= 11 is 0. The molecule has 1 aliphatic rings. The third kappa shape index (κ3) is 4.90. The van der Waals surface area contributed by atoms with Crippen molar-refractivity contribution in [1.82, 2.24) is 0 Å². The largest absolute Gasteiger partial charge is 1.00 e. The molecule has 1 heterocycles. The number of benzene rings is 1. The summed E-state index contributed by atoms with van der Waals surface area (Å²) in [6.07, 6.45) is -8.99. The number of hydrogen-bond acceptors (Lipinski definition) is 8. The summed E-state index contributed by atoms with van der Waals surface area (Å²) in [5, 5.41) is 42.1. The Hall–Kier alpha value is -1.20. The quantitative estimate of drug-likeness (QED) is 0.392. The summed E-state index contributed by atoms with van der Waals surface area (Å²) in [5.74, 6) is -2.91. The van der Waals surface area contributed by atoms with Gasteiger partial charge in [0.25, 0.3) is 0 Å². The standard InChI is InChI=1S/C14H17NO8.Na/c1-6(16)15-7-2-4-8(5-3-7)22-14-11(19)9(17)10(18)12(23-14)13(20)21;/h2-5,9-12,14,17-19H,1H3,(H,15,16)(H,20,21);/q;+1/p-1/t9-,10-,11-,12?,14+;/m0./s1/i1D3;. The van der Waals surface area contributed by atoms with Crippen LogP contribution in [0.3, 0.4) is 0 Å².